The molecule has 82 valence electrons. The lowest BCUT2D eigenvalue weighted by molar-refractivity contribution is 0.0697. The van der Waals surface area contributed by atoms with Gasteiger partial charge in [-0.05, 0) is 45.8 Å². The van der Waals surface area contributed by atoms with Gasteiger partial charge in [-0.3, -0.25) is 0 Å². The molecule has 0 spiro atoms. The van der Waals surface area contributed by atoms with Crippen molar-refractivity contribution in [2.75, 3.05) is 0 Å². The van der Waals surface area contributed by atoms with Crippen molar-refractivity contribution in [1.29, 1.82) is 0 Å². The molecular weight excluding hydrogens is 288 g/mol. The first-order chi connectivity index (χ1) is 7.65. The summed E-state index contributed by atoms with van der Waals surface area (Å²) < 4.78 is 1.12. The minimum absolute atomic E-state index is 0.330. The van der Waals surface area contributed by atoms with E-state index in [4.69, 9.17) is 5.11 Å². The predicted octanol–water partition coefficient (Wildman–Crippen LogP) is 3.80. The van der Waals surface area contributed by atoms with E-state index in [2.05, 4.69) is 22.0 Å². The van der Waals surface area contributed by atoms with Gasteiger partial charge in [0, 0.05) is 11.3 Å². The SMILES string of the molecule is O=C(O)c1ccc(Cc2ccc(Br)s2)cc1. The number of hydrogen-bond acceptors (Lipinski definition) is 2. The van der Waals surface area contributed by atoms with Crippen LogP contribution in [0.1, 0.15) is 20.8 Å². The monoisotopic (exact) mass is 296 g/mol. The van der Waals surface area contributed by atoms with Crippen molar-refractivity contribution in [1.82, 2.24) is 0 Å². The molecule has 2 nitrogen and oxygen atoms in total. The van der Waals surface area contributed by atoms with Crippen LogP contribution in [-0.2, 0) is 6.42 Å². The number of carboxylic acid groups (broad SMARTS) is 1. The minimum Gasteiger partial charge on any atom is -0.478 e. The maximum Gasteiger partial charge on any atom is 0.335 e. The van der Waals surface area contributed by atoms with Crippen molar-refractivity contribution in [3.05, 3.63) is 56.2 Å². The molecule has 0 atom stereocenters. The fourth-order valence-corrected chi connectivity index (χ4v) is 2.93. The van der Waals surface area contributed by atoms with Crippen molar-refractivity contribution >= 4 is 33.2 Å². The molecule has 0 saturated carbocycles. The minimum atomic E-state index is -0.884. The number of hydrogen-bond donors (Lipinski definition) is 1. The molecule has 1 aromatic carbocycles. The van der Waals surface area contributed by atoms with E-state index >= 15 is 0 Å². The van der Waals surface area contributed by atoms with Crippen molar-refractivity contribution in [3.8, 4) is 0 Å². The maximum absolute atomic E-state index is 10.7. The van der Waals surface area contributed by atoms with Gasteiger partial charge in [0.15, 0.2) is 0 Å². The Morgan fingerprint density at radius 1 is 1.19 bits per heavy atom. The molecule has 0 fully saturated rings. The first-order valence-electron chi connectivity index (χ1n) is 4.71. The number of halogens is 1. The van der Waals surface area contributed by atoms with Crippen LogP contribution < -0.4 is 0 Å². The number of thiophene rings is 1. The average Bonchev–Trinajstić information content (AvgIpc) is 2.65. The van der Waals surface area contributed by atoms with E-state index in [0.717, 1.165) is 15.8 Å². The highest BCUT2D eigenvalue weighted by atomic mass is 79.9. The molecule has 0 radical (unpaired) electrons. The third kappa shape index (κ3) is 2.71. The molecule has 1 N–H and O–H groups in total. The van der Waals surface area contributed by atoms with E-state index in [1.807, 2.05) is 18.2 Å². The van der Waals surface area contributed by atoms with Crippen LogP contribution in [0.15, 0.2) is 40.2 Å². The molecule has 0 bridgehead atoms. The molecule has 0 aliphatic rings. The lowest BCUT2D eigenvalue weighted by Crippen LogP contribution is -1.95. The van der Waals surface area contributed by atoms with Crippen LogP contribution in [0.25, 0.3) is 0 Å². The summed E-state index contributed by atoms with van der Waals surface area (Å²) in [5, 5.41) is 8.76. The van der Waals surface area contributed by atoms with E-state index in [1.165, 1.54) is 4.88 Å². The Bertz CT molecular complexity index is 502. The van der Waals surface area contributed by atoms with E-state index < -0.39 is 5.97 Å². The fraction of sp³-hybridized carbons (Fsp3) is 0.0833. The molecule has 0 aliphatic heterocycles. The number of rotatable bonds is 3. The summed E-state index contributed by atoms with van der Waals surface area (Å²) in [4.78, 5) is 11.9. The van der Waals surface area contributed by atoms with Gasteiger partial charge in [-0.25, -0.2) is 4.79 Å². The van der Waals surface area contributed by atoms with Gasteiger partial charge < -0.3 is 5.11 Å². The van der Waals surface area contributed by atoms with Crippen LogP contribution in [0.2, 0.25) is 0 Å². The average molecular weight is 297 g/mol. The summed E-state index contributed by atoms with van der Waals surface area (Å²) in [7, 11) is 0. The normalized spacial score (nSPS) is 10.3. The third-order valence-electron chi connectivity index (χ3n) is 2.21. The lowest BCUT2D eigenvalue weighted by Gasteiger charge is -1.99. The van der Waals surface area contributed by atoms with Crippen LogP contribution in [-0.4, -0.2) is 11.1 Å². The Hall–Kier alpha value is -1.13. The number of carboxylic acids is 1. The number of carbonyl (C=O) groups is 1. The third-order valence-corrected chi connectivity index (χ3v) is 3.83. The summed E-state index contributed by atoms with van der Waals surface area (Å²) in [6, 6.07) is 11.1. The van der Waals surface area contributed by atoms with Crippen LogP contribution in [0.3, 0.4) is 0 Å². The molecule has 0 amide bonds. The van der Waals surface area contributed by atoms with E-state index in [1.54, 1.807) is 23.5 Å². The van der Waals surface area contributed by atoms with E-state index in [9.17, 15) is 4.79 Å². The molecule has 1 heterocycles. The molecule has 0 saturated heterocycles. The van der Waals surface area contributed by atoms with Gasteiger partial charge in [-0.2, -0.15) is 0 Å². The molecule has 0 aliphatic carbocycles. The van der Waals surface area contributed by atoms with Crippen LogP contribution in [0, 0.1) is 0 Å². The maximum atomic E-state index is 10.7. The van der Waals surface area contributed by atoms with Gasteiger partial charge in [0.2, 0.25) is 0 Å². The largest absolute Gasteiger partial charge is 0.478 e. The molecule has 16 heavy (non-hydrogen) atoms. The first-order valence-corrected chi connectivity index (χ1v) is 6.32. The molecule has 4 heteroatoms. The van der Waals surface area contributed by atoms with Crippen molar-refractivity contribution in [2.45, 2.75) is 6.42 Å². The van der Waals surface area contributed by atoms with E-state index in [-0.39, 0.29) is 0 Å². The second-order valence-electron chi connectivity index (χ2n) is 3.38. The Balaban J connectivity index is 2.14. The topological polar surface area (TPSA) is 37.3 Å². The molecule has 2 aromatic rings. The first kappa shape index (κ1) is 11.4. The Kier molecular flexibility index (Phi) is 3.41. The van der Waals surface area contributed by atoms with Gasteiger partial charge in [-0.1, -0.05) is 12.1 Å². The predicted molar refractivity (Wildman–Crippen MR) is 68.2 cm³/mol. The zero-order valence-electron chi connectivity index (χ0n) is 8.31. The smallest absolute Gasteiger partial charge is 0.335 e. The fourth-order valence-electron chi connectivity index (χ4n) is 1.41. The zero-order valence-corrected chi connectivity index (χ0v) is 10.7. The Labute approximate surface area is 106 Å². The second-order valence-corrected chi connectivity index (χ2v) is 5.93. The quantitative estimate of drug-likeness (QED) is 0.935. The molecule has 0 unspecified atom stereocenters. The van der Waals surface area contributed by atoms with Crippen molar-refractivity contribution in [2.24, 2.45) is 0 Å². The molecular formula is C12H9BrO2S. The summed E-state index contributed by atoms with van der Waals surface area (Å²) >= 11 is 5.11. The summed E-state index contributed by atoms with van der Waals surface area (Å²) in [6.45, 7) is 0. The van der Waals surface area contributed by atoms with Gasteiger partial charge in [0.1, 0.15) is 0 Å². The summed E-state index contributed by atoms with van der Waals surface area (Å²) in [5.41, 5.74) is 1.45. The molecule has 1 aromatic heterocycles. The highest BCUT2D eigenvalue weighted by molar-refractivity contribution is 9.11. The second kappa shape index (κ2) is 4.80. The van der Waals surface area contributed by atoms with E-state index in [0.29, 0.717) is 5.56 Å². The van der Waals surface area contributed by atoms with Crippen molar-refractivity contribution < 1.29 is 9.90 Å². The number of aromatic carboxylic acids is 1. The summed E-state index contributed by atoms with van der Waals surface area (Å²) in [5.74, 6) is -0.884. The van der Waals surface area contributed by atoms with Crippen molar-refractivity contribution in [3.63, 3.8) is 0 Å². The standard InChI is InChI=1S/C12H9BrO2S/c13-11-6-5-10(16-11)7-8-1-3-9(4-2-8)12(14)15/h1-6H,7H2,(H,14,15). The van der Waals surface area contributed by atoms with Gasteiger partial charge in [-0.15, -0.1) is 11.3 Å². The highest BCUT2D eigenvalue weighted by Gasteiger charge is 2.03. The van der Waals surface area contributed by atoms with Gasteiger partial charge in [0.25, 0.3) is 0 Å². The zero-order chi connectivity index (χ0) is 11.5. The molecule has 2 rings (SSSR count). The Morgan fingerprint density at radius 3 is 2.38 bits per heavy atom. The highest BCUT2D eigenvalue weighted by Crippen LogP contribution is 2.24. The Morgan fingerprint density at radius 2 is 1.88 bits per heavy atom. The van der Waals surface area contributed by atoms with Crippen LogP contribution in [0.4, 0.5) is 0 Å². The number of benzene rings is 1. The van der Waals surface area contributed by atoms with Gasteiger partial charge in [0.05, 0.1) is 9.35 Å². The summed E-state index contributed by atoms with van der Waals surface area (Å²) in [6.07, 6.45) is 0.843. The lowest BCUT2D eigenvalue weighted by atomic mass is 10.1. The van der Waals surface area contributed by atoms with Crippen LogP contribution >= 0.6 is 27.3 Å². The van der Waals surface area contributed by atoms with Crippen LogP contribution in [0.5, 0.6) is 0 Å². The van der Waals surface area contributed by atoms with Gasteiger partial charge >= 0.3 is 5.97 Å².